The van der Waals surface area contributed by atoms with Crippen LogP contribution < -0.4 is 20.1 Å². The molecule has 136 valence electrons. The van der Waals surface area contributed by atoms with Crippen LogP contribution in [0.15, 0.2) is 36.5 Å². The van der Waals surface area contributed by atoms with E-state index in [1.165, 1.54) is 5.56 Å². The molecule has 0 spiro atoms. The molecule has 0 saturated carbocycles. The third-order valence-corrected chi connectivity index (χ3v) is 4.74. The number of carbonyl (C=O) groups excluding carboxylic acids is 1. The van der Waals surface area contributed by atoms with Gasteiger partial charge in [0.05, 0.1) is 5.56 Å². The van der Waals surface area contributed by atoms with Gasteiger partial charge < -0.3 is 20.1 Å². The van der Waals surface area contributed by atoms with Gasteiger partial charge in [-0.2, -0.15) is 0 Å². The Morgan fingerprint density at radius 1 is 1.08 bits per heavy atom. The first kappa shape index (κ1) is 16.7. The molecule has 2 aromatic rings. The minimum absolute atomic E-state index is 0.438. The van der Waals surface area contributed by atoms with Gasteiger partial charge in [-0.25, -0.2) is 4.98 Å². The number of hydrogen-bond acceptors (Lipinski definition) is 6. The third kappa shape index (κ3) is 3.43. The van der Waals surface area contributed by atoms with E-state index < -0.39 is 5.91 Å². The SMILES string of the molecule is NC(=O)c1cccnc1N1CCN(Cc2ccc3c(c2)OCCO3)CC1. The van der Waals surface area contributed by atoms with Crippen molar-refractivity contribution in [2.24, 2.45) is 5.73 Å². The molecule has 1 aromatic heterocycles. The number of amides is 1. The van der Waals surface area contributed by atoms with E-state index in [4.69, 9.17) is 15.2 Å². The summed E-state index contributed by atoms with van der Waals surface area (Å²) in [5.41, 5.74) is 7.15. The second kappa shape index (κ2) is 7.21. The maximum Gasteiger partial charge on any atom is 0.252 e. The highest BCUT2D eigenvalue weighted by Gasteiger charge is 2.22. The van der Waals surface area contributed by atoms with Crippen molar-refractivity contribution in [3.63, 3.8) is 0 Å². The lowest BCUT2D eigenvalue weighted by Gasteiger charge is -2.36. The van der Waals surface area contributed by atoms with Gasteiger partial charge in [-0.15, -0.1) is 0 Å². The van der Waals surface area contributed by atoms with Crippen LogP contribution in [0.5, 0.6) is 11.5 Å². The summed E-state index contributed by atoms with van der Waals surface area (Å²) in [6, 6.07) is 9.59. The lowest BCUT2D eigenvalue weighted by atomic mass is 10.1. The second-order valence-electron chi connectivity index (χ2n) is 6.48. The zero-order valence-electron chi connectivity index (χ0n) is 14.6. The number of carbonyl (C=O) groups is 1. The van der Waals surface area contributed by atoms with Gasteiger partial charge in [0.2, 0.25) is 0 Å². The first-order chi connectivity index (χ1) is 12.7. The maximum absolute atomic E-state index is 11.6. The van der Waals surface area contributed by atoms with Gasteiger partial charge in [0.15, 0.2) is 11.5 Å². The zero-order chi connectivity index (χ0) is 17.9. The van der Waals surface area contributed by atoms with Crippen LogP contribution in [0.4, 0.5) is 5.82 Å². The topological polar surface area (TPSA) is 80.9 Å². The number of rotatable bonds is 4. The molecule has 1 saturated heterocycles. The Hall–Kier alpha value is -2.80. The summed E-state index contributed by atoms with van der Waals surface area (Å²) >= 11 is 0. The molecule has 2 aliphatic rings. The summed E-state index contributed by atoms with van der Waals surface area (Å²) in [5.74, 6) is 1.89. The second-order valence-corrected chi connectivity index (χ2v) is 6.48. The number of benzene rings is 1. The number of nitrogens with zero attached hydrogens (tertiary/aromatic N) is 3. The molecule has 0 atom stereocenters. The van der Waals surface area contributed by atoms with E-state index in [1.54, 1.807) is 18.3 Å². The van der Waals surface area contributed by atoms with Gasteiger partial charge in [-0.3, -0.25) is 9.69 Å². The van der Waals surface area contributed by atoms with E-state index in [0.29, 0.717) is 24.6 Å². The number of aromatic nitrogens is 1. The fourth-order valence-electron chi connectivity index (χ4n) is 3.40. The van der Waals surface area contributed by atoms with E-state index in [-0.39, 0.29) is 0 Å². The molecule has 0 aliphatic carbocycles. The molecule has 0 radical (unpaired) electrons. The van der Waals surface area contributed by atoms with Crippen molar-refractivity contribution in [2.75, 3.05) is 44.3 Å². The van der Waals surface area contributed by atoms with E-state index >= 15 is 0 Å². The molecule has 7 heteroatoms. The number of nitrogens with two attached hydrogens (primary N) is 1. The Balaban J connectivity index is 1.39. The number of ether oxygens (including phenoxy) is 2. The van der Waals surface area contributed by atoms with Crippen LogP contribution >= 0.6 is 0 Å². The predicted octanol–water partition coefficient (Wildman–Crippen LogP) is 1.27. The molecule has 1 fully saturated rings. The van der Waals surface area contributed by atoms with Gasteiger partial charge in [0, 0.05) is 38.9 Å². The number of hydrogen-bond donors (Lipinski definition) is 1. The third-order valence-electron chi connectivity index (χ3n) is 4.74. The number of pyridine rings is 1. The fraction of sp³-hybridized carbons (Fsp3) is 0.368. The van der Waals surface area contributed by atoms with Crippen LogP contribution in [0.2, 0.25) is 0 Å². The number of fused-ring (bicyclic) bond motifs is 1. The molecule has 0 unspecified atom stereocenters. The van der Waals surface area contributed by atoms with Crippen molar-refractivity contribution >= 4 is 11.7 Å². The Morgan fingerprint density at radius 3 is 2.62 bits per heavy atom. The van der Waals surface area contributed by atoms with Crippen LogP contribution in [-0.2, 0) is 6.54 Å². The van der Waals surface area contributed by atoms with Crippen molar-refractivity contribution in [3.8, 4) is 11.5 Å². The maximum atomic E-state index is 11.6. The number of anilines is 1. The quantitative estimate of drug-likeness (QED) is 0.891. The van der Waals surface area contributed by atoms with E-state index in [2.05, 4.69) is 26.9 Å². The lowest BCUT2D eigenvalue weighted by Crippen LogP contribution is -2.46. The lowest BCUT2D eigenvalue weighted by molar-refractivity contribution is 0.1000. The molecule has 7 nitrogen and oxygen atoms in total. The molecule has 0 bridgehead atoms. The minimum Gasteiger partial charge on any atom is -0.486 e. The number of primary amides is 1. The monoisotopic (exact) mass is 354 g/mol. The predicted molar refractivity (Wildman–Crippen MR) is 97.7 cm³/mol. The molecule has 1 aromatic carbocycles. The molecular weight excluding hydrogens is 332 g/mol. The molecule has 2 aliphatic heterocycles. The zero-order valence-corrected chi connectivity index (χ0v) is 14.6. The Bertz CT molecular complexity index is 803. The minimum atomic E-state index is -0.438. The highest BCUT2D eigenvalue weighted by atomic mass is 16.6. The first-order valence-electron chi connectivity index (χ1n) is 8.81. The molecule has 26 heavy (non-hydrogen) atoms. The van der Waals surface area contributed by atoms with Crippen LogP contribution in [0.25, 0.3) is 0 Å². The Morgan fingerprint density at radius 2 is 1.85 bits per heavy atom. The van der Waals surface area contributed by atoms with Crippen molar-refractivity contribution in [2.45, 2.75) is 6.54 Å². The van der Waals surface area contributed by atoms with E-state index in [1.807, 2.05) is 6.07 Å². The average Bonchev–Trinajstić information content (AvgIpc) is 2.68. The van der Waals surface area contributed by atoms with Crippen LogP contribution in [0.3, 0.4) is 0 Å². The molecular formula is C19H22N4O3. The summed E-state index contributed by atoms with van der Waals surface area (Å²) in [5, 5.41) is 0. The standard InChI is InChI=1S/C19H22N4O3/c20-18(24)15-2-1-5-21-19(15)23-8-6-22(7-9-23)13-14-3-4-16-17(12-14)26-11-10-25-16/h1-5,12H,6-11,13H2,(H2,20,24). The van der Waals surface area contributed by atoms with Gasteiger partial charge in [0.25, 0.3) is 5.91 Å². The summed E-state index contributed by atoms with van der Waals surface area (Å²) in [4.78, 5) is 20.5. The van der Waals surface area contributed by atoms with E-state index in [0.717, 1.165) is 44.2 Å². The summed E-state index contributed by atoms with van der Waals surface area (Å²) in [6.45, 7) is 5.46. The summed E-state index contributed by atoms with van der Waals surface area (Å²) < 4.78 is 11.2. The first-order valence-corrected chi connectivity index (χ1v) is 8.81. The highest BCUT2D eigenvalue weighted by molar-refractivity contribution is 5.97. The van der Waals surface area contributed by atoms with Gasteiger partial charge in [-0.05, 0) is 29.8 Å². The van der Waals surface area contributed by atoms with Gasteiger partial charge >= 0.3 is 0 Å². The fourth-order valence-corrected chi connectivity index (χ4v) is 3.40. The Labute approximate surface area is 152 Å². The van der Waals surface area contributed by atoms with Crippen LogP contribution in [0, 0.1) is 0 Å². The van der Waals surface area contributed by atoms with Crippen LogP contribution in [-0.4, -0.2) is 55.2 Å². The largest absolute Gasteiger partial charge is 0.486 e. The summed E-state index contributed by atoms with van der Waals surface area (Å²) in [7, 11) is 0. The van der Waals surface area contributed by atoms with Gasteiger partial charge in [-0.1, -0.05) is 6.07 Å². The number of piperazine rings is 1. The van der Waals surface area contributed by atoms with Gasteiger partial charge in [0.1, 0.15) is 19.0 Å². The molecule has 3 heterocycles. The normalized spacial score (nSPS) is 17.2. The Kier molecular flexibility index (Phi) is 4.62. The van der Waals surface area contributed by atoms with Crippen molar-refractivity contribution in [1.82, 2.24) is 9.88 Å². The molecule has 1 amide bonds. The molecule has 2 N–H and O–H groups in total. The molecule has 4 rings (SSSR count). The average molecular weight is 354 g/mol. The van der Waals surface area contributed by atoms with Crippen molar-refractivity contribution in [3.05, 3.63) is 47.7 Å². The smallest absolute Gasteiger partial charge is 0.252 e. The van der Waals surface area contributed by atoms with E-state index in [9.17, 15) is 4.79 Å². The highest BCUT2D eigenvalue weighted by Crippen LogP contribution is 2.31. The van der Waals surface area contributed by atoms with Crippen molar-refractivity contribution < 1.29 is 14.3 Å². The summed E-state index contributed by atoms with van der Waals surface area (Å²) in [6.07, 6.45) is 1.70. The van der Waals surface area contributed by atoms with Crippen molar-refractivity contribution in [1.29, 1.82) is 0 Å². The van der Waals surface area contributed by atoms with Crippen LogP contribution in [0.1, 0.15) is 15.9 Å².